The van der Waals surface area contributed by atoms with Gasteiger partial charge in [0.15, 0.2) is 0 Å². The molecule has 97 heavy (non-hydrogen) atoms. The van der Waals surface area contributed by atoms with Gasteiger partial charge in [-0.05, 0) is 188 Å². The summed E-state index contributed by atoms with van der Waals surface area (Å²) in [6.45, 7) is 43.2. The fourth-order valence-corrected chi connectivity index (χ4v) is 11.6. The zero-order chi connectivity index (χ0) is 71.4. The second-order valence-electron chi connectivity index (χ2n) is 22.1. The third-order valence-electron chi connectivity index (χ3n) is 16.2. The van der Waals surface area contributed by atoms with E-state index in [9.17, 15) is 19.2 Å². The minimum atomic E-state index is -0.0756. The van der Waals surface area contributed by atoms with Crippen molar-refractivity contribution in [1.82, 2.24) is 43.4 Å². The van der Waals surface area contributed by atoms with Crippen LogP contribution in [0.1, 0.15) is 179 Å². The van der Waals surface area contributed by atoms with E-state index in [0.717, 1.165) is 116 Å². The summed E-state index contributed by atoms with van der Waals surface area (Å²) in [7, 11) is 0. The molecule has 6 aromatic carbocycles. The van der Waals surface area contributed by atoms with Crippen LogP contribution in [-0.2, 0) is 4.79 Å². The highest BCUT2D eigenvalue weighted by molar-refractivity contribution is 5.79. The van der Waals surface area contributed by atoms with Crippen molar-refractivity contribution in [3.63, 3.8) is 0 Å². The van der Waals surface area contributed by atoms with Crippen LogP contribution in [0.2, 0.25) is 0 Å². The second kappa shape index (κ2) is 43.7. The number of aryl methyl sites for hydroxylation is 3. The molecule has 0 bridgehead atoms. The van der Waals surface area contributed by atoms with Gasteiger partial charge in [-0.3, -0.25) is 32.9 Å². The maximum Gasteiger partial charge on any atom is 0.265 e. The molecular formula is C81H115N9O7. The standard InChI is InChI=1S/C23H25N3O2.C22H23N3O3.C22H25N3O2.7C2H6/c1-16-24-22-5-3-2-4-21(22)23(27)26(16)18-8-10-19(11-9-18)28-20-12-14-25(15-13-20)17-6-7-17;1-15-23-21-6-4-3-5-20(21)22(27)25(15)17-7-9-18(10-8-17)28-19-11-13-24(14-12-19)16(2)26;1-17-23-21-8-3-2-7-20(21)22(26)25(17)18-9-11-19(12-10-18)27-16-6-15-24-13-4-5-14-24;7*1-2/h2-5,8-11,17,20H,6-7,12-15H2,1H3;3-10,19H,11-14H2,1-2H3;2-3,7-12H,4-6,13-16H2,1H3;7*1-2H3. The Balaban J connectivity index is 0.000000283. The van der Waals surface area contributed by atoms with Crippen molar-refractivity contribution >= 4 is 38.6 Å². The number of aromatic nitrogens is 6. The average molecular weight is 1330 g/mol. The minimum Gasteiger partial charge on any atom is -0.494 e. The van der Waals surface area contributed by atoms with Gasteiger partial charge in [0.05, 0.1) is 56.4 Å². The van der Waals surface area contributed by atoms with Crippen LogP contribution in [0.5, 0.6) is 17.2 Å². The molecule has 3 aromatic heterocycles. The topological polar surface area (TPSA) is 159 Å². The smallest absolute Gasteiger partial charge is 0.265 e. The summed E-state index contributed by atoms with van der Waals surface area (Å²) in [5.41, 5.74) is 4.40. The number of hydrogen-bond acceptors (Lipinski definition) is 12. The third kappa shape index (κ3) is 22.8. The van der Waals surface area contributed by atoms with Crippen molar-refractivity contribution in [2.75, 3.05) is 52.4 Å². The van der Waals surface area contributed by atoms with Gasteiger partial charge in [-0.25, -0.2) is 15.0 Å². The summed E-state index contributed by atoms with van der Waals surface area (Å²) in [5.74, 6) is 4.60. The van der Waals surface area contributed by atoms with Gasteiger partial charge in [-0.1, -0.05) is 133 Å². The Morgan fingerprint density at radius 2 is 0.732 bits per heavy atom. The van der Waals surface area contributed by atoms with Crippen molar-refractivity contribution in [3.05, 3.63) is 194 Å². The summed E-state index contributed by atoms with van der Waals surface area (Å²) in [6, 6.07) is 46.2. The van der Waals surface area contributed by atoms with Crippen molar-refractivity contribution in [1.29, 1.82) is 0 Å². The number of amides is 1. The summed E-state index contributed by atoms with van der Waals surface area (Å²) in [4.78, 5) is 70.8. The minimum absolute atomic E-state index is 0.0378. The normalized spacial score (nSPS) is 14.2. The van der Waals surface area contributed by atoms with E-state index in [-0.39, 0.29) is 34.8 Å². The monoisotopic (exact) mass is 1330 g/mol. The number of fused-ring (bicyclic) bond motifs is 3. The Kier molecular flexibility index (Phi) is 36.4. The average Bonchev–Trinajstić information content (AvgIpc) is 1.52. The van der Waals surface area contributed by atoms with Crippen LogP contribution in [0.4, 0.5) is 0 Å². The number of benzene rings is 6. The molecule has 0 atom stereocenters. The summed E-state index contributed by atoms with van der Waals surface area (Å²) in [5, 5.41) is 1.87. The molecule has 0 radical (unpaired) electrons. The Bertz CT molecular complexity index is 3900. The lowest BCUT2D eigenvalue weighted by molar-refractivity contribution is -0.130. The highest BCUT2D eigenvalue weighted by atomic mass is 16.5. The molecule has 16 nitrogen and oxygen atoms in total. The van der Waals surface area contributed by atoms with Gasteiger partial charge in [0.1, 0.15) is 46.9 Å². The first-order valence-corrected chi connectivity index (χ1v) is 36.4. The van der Waals surface area contributed by atoms with E-state index in [1.54, 1.807) is 26.7 Å². The second-order valence-corrected chi connectivity index (χ2v) is 22.1. The molecular weight excluding hydrogens is 1210 g/mol. The number of nitrogens with zero attached hydrogens (tertiary/aromatic N) is 9. The first-order valence-electron chi connectivity index (χ1n) is 36.4. The van der Waals surface area contributed by atoms with E-state index in [2.05, 4.69) is 24.8 Å². The van der Waals surface area contributed by atoms with Crippen LogP contribution in [0.15, 0.2) is 160 Å². The van der Waals surface area contributed by atoms with E-state index >= 15 is 0 Å². The highest BCUT2D eigenvalue weighted by Crippen LogP contribution is 2.31. The molecule has 9 aromatic rings. The van der Waals surface area contributed by atoms with Gasteiger partial charge in [0.25, 0.3) is 16.7 Å². The number of carbonyl (C=O) groups is 1. The molecule has 0 N–H and O–H groups in total. The molecule has 4 fully saturated rings. The lowest BCUT2D eigenvalue weighted by atomic mass is 10.1. The largest absolute Gasteiger partial charge is 0.494 e. The summed E-state index contributed by atoms with van der Waals surface area (Å²) in [6.07, 6.45) is 10.6. The number of likely N-dealkylation sites (tertiary alicyclic amines) is 3. The van der Waals surface area contributed by atoms with Crippen LogP contribution in [0, 0.1) is 20.8 Å². The van der Waals surface area contributed by atoms with E-state index in [1.807, 2.05) is 262 Å². The molecule has 1 amide bonds. The summed E-state index contributed by atoms with van der Waals surface area (Å²) < 4.78 is 23.1. The maximum atomic E-state index is 12.9. The van der Waals surface area contributed by atoms with Gasteiger partial charge in [-0.15, -0.1) is 0 Å². The first kappa shape index (κ1) is 81.0. The van der Waals surface area contributed by atoms with E-state index in [4.69, 9.17) is 14.2 Å². The molecule has 1 saturated carbocycles. The number of ether oxygens (including phenoxy) is 3. The quantitative estimate of drug-likeness (QED) is 0.101. The number of hydrogen-bond donors (Lipinski definition) is 0. The van der Waals surface area contributed by atoms with Crippen molar-refractivity contribution < 1.29 is 19.0 Å². The van der Waals surface area contributed by atoms with Crippen molar-refractivity contribution in [3.8, 4) is 34.3 Å². The summed E-state index contributed by atoms with van der Waals surface area (Å²) >= 11 is 0. The van der Waals surface area contributed by atoms with Crippen LogP contribution < -0.4 is 30.9 Å². The van der Waals surface area contributed by atoms with Gasteiger partial charge in [0.2, 0.25) is 5.91 Å². The number of rotatable bonds is 13. The van der Waals surface area contributed by atoms with Gasteiger partial charge >= 0.3 is 0 Å². The Hall–Kier alpha value is -8.47. The van der Waals surface area contributed by atoms with E-state index in [0.29, 0.717) is 45.8 Å². The fraction of sp³-hybridized carbons (Fsp3) is 0.469. The molecule has 0 spiro atoms. The zero-order valence-electron chi connectivity index (χ0n) is 62.0. The predicted octanol–water partition coefficient (Wildman–Crippen LogP) is 17.5. The van der Waals surface area contributed by atoms with Gasteiger partial charge in [0, 0.05) is 58.5 Å². The number of para-hydroxylation sites is 3. The van der Waals surface area contributed by atoms with Crippen LogP contribution in [0.25, 0.3) is 49.8 Å². The van der Waals surface area contributed by atoms with Crippen molar-refractivity contribution in [2.45, 2.75) is 201 Å². The number of piperidine rings is 2. The Morgan fingerprint density at radius 3 is 1.06 bits per heavy atom. The zero-order valence-corrected chi connectivity index (χ0v) is 62.0. The molecule has 4 aliphatic rings. The molecule has 16 heteroatoms. The predicted molar refractivity (Wildman–Crippen MR) is 406 cm³/mol. The molecule has 6 heterocycles. The van der Waals surface area contributed by atoms with Crippen LogP contribution in [-0.4, -0.2) is 120 Å². The maximum absolute atomic E-state index is 12.9. The molecule has 0 unspecified atom stereocenters. The highest BCUT2D eigenvalue weighted by Gasteiger charge is 2.32. The molecule has 3 saturated heterocycles. The van der Waals surface area contributed by atoms with E-state index < -0.39 is 0 Å². The third-order valence-corrected chi connectivity index (χ3v) is 16.2. The first-order chi connectivity index (χ1) is 47.4. The van der Waals surface area contributed by atoms with Gasteiger partial charge in [-0.2, -0.15) is 0 Å². The number of carbonyl (C=O) groups excluding carboxylic acids is 1. The lowest BCUT2D eigenvalue weighted by Crippen LogP contribution is -2.40. The Morgan fingerprint density at radius 1 is 0.412 bits per heavy atom. The molecule has 1 aliphatic carbocycles. The van der Waals surface area contributed by atoms with Gasteiger partial charge < -0.3 is 28.9 Å². The molecule has 3 aliphatic heterocycles. The van der Waals surface area contributed by atoms with Crippen LogP contribution in [0.3, 0.4) is 0 Å². The van der Waals surface area contributed by atoms with E-state index in [1.165, 1.54) is 38.8 Å². The van der Waals surface area contributed by atoms with Crippen LogP contribution >= 0.6 is 0 Å². The fourth-order valence-electron chi connectivity index (χ4n) is 11.6. The lowest BCUT2D eigenvalue weighted by Gasteiger charge is -2.32. The SMILES string of the molecule is CC.CC.CC.CC.CC.CC.CC.CC(=O)N1CCC(Oc2ccc(-n3c(C)nc4ccccc4c3=O)cc2)CC1.Cc1nc2ccccc2c(=O)n1-c1ccc(OC2CCN(C3CC3)CC2)cc1.Cc1nc2ccccc2c(=O)n1-c1ccc(OCCCN2CCCC2)cc1. The molecule has 13 rings (SSSR count). The van der Waals surface area contributed by atoms with Crippen molar-refractivity contribution in [2.24, 2.45) is 0 Å². The Labute approximate surface area is 579 Å². The molecule has 526 valence electrons.